The predicted molar refractivity (Wildman–Crippen MR) is 83.7 cm³/mol. The van der Waals surface area contributed by atoms with Crippen LogP contribution in [0.25, 0.3) is 5.69 Å². The first-order valence-corrected chi connectivity index (χ1v) is 7.71. The van der Waals surface area contributed by atoms with E-state index in [4.69, 9.17) is 32.7 Å². The summed E-state index contributed by atoms with van der Waals surface area (Å²) in [6.45, 7) is 4.90. The maximum atomic E-state index is 12.4. The zero-order valence-corrected chi connectivity index (χ0v) is 13.7. The molecule has 8 heteroatoms. The number of aromatic nitrogens is 3. The van der Waals surface area contributed by atoms with E-state index < -0.39 is 0 Å². The molecule has 1 aromatic carbocycles. The third-order valence-electron chi connectivity index (χ3n) is 3.18. The number of ether oxygens (including phenoxy) is 2. The fourth-order valence-corrected chi connectivity index (χ4v) is 2.75. The van der Waals surface area contributed by atoms with Crippen molar-refractivity contribution in [3.05, 3.63) is 32.7 Å². The molecule has 0 radical (unpaired) electrons. The lowest BCUT2D eigenvalue weighted by Gasteiger charge is -2.13. The average molecular weight is 344 g/mol. The van der Waals surface area contributed by atoms with Crippen molar-refractivity contribution in [2.24, 2.45) is 0 Å². The van der Waals surface area contributed by atoms with E-state index in [2.05, 4.69) is 5.10 Å². The first-order chi connectivity index (χ1) is 10.5. The topological polar surface area (TPSA) is 58.3 Å². The molecule has 0 bridgehead atoms. The second kappa shape index (κ2) is 5.85. The lowest BCUT2D eigenvalue weighted by molar-refractivity contribution is 0.228. The summed E-state index contributed by atoms with van der Waals surface area (Å²) in [5.74, 6) is 0.454. The van der Waals surface area contributed by atoms with Gasteiger partial charge in [-0.3, -0.25) is 0 Å². The van der Waals surface area contributed by atoms with Crippen LogP contribution in [0.2, 0.25) is 10.0 Å². The molecule has 2 aromatic rings. The van der Waals surface area contributed by atoms with Crippen LogP contribution in [-0.4, -0.2) is 27.1 Å². The number of fused-ring (bicyclic) bond motifs is 1. The van der Waals surface area contributed by atoms with Crippen molar-refractivity contribution >= 4 is 23.2 Å². The van der Waals surface area contributed by atoms with Gasteiger partial charge >= 0.3 is 11.7 Å². The Morgan fingerprint density at radius 3 is 2.77 bits per heavy atom. The Bertz CT molecular complexity index is 767. The number of halogens is 2. The fraction of sp³-hybridized carbons (Fsp3) is 0.429. The summed E-state index contributed by atoms with van der Waals surface area (Å²) in [5.41, 5.74) is 0.117. The van der Waals surface area contributed by atoms with E-state index in [0.29, 0.717) is 40.6 Å². The molecule has 2 heterocycles. The van der Waals surface area contributed by atoms with Crippen LogP contribution in [0.3, 0.4) is 0 Å². The maximum Gasteiger partial charge on any atom is 0.353 e. The molecular formula is C14H15Cl2N3O3. The molecule has 1 aliphatic heterocycles. The van der Waals surface area contributed by atoms with Crippen molar-refractivity contribution in [1.29, 1.82) is 0 Å². The Hall–Kier alpha value is -1.66. The van der Waals surface area contributed by atoms with Gasteiger partial charge in [0.1, 0.15) is 5.75 Å². The number of benzene rings is 1. The van der Waals surface area contributed by atoms with Crippen molar-refractivity contribution in [2.75, 3.05) is 6.61 Å². The van der Waals surface area contributed by atoms with Crippen LogP contribution in [0.5, 0.6) is 11.8 Å². The fourth-order valence-electron chi connectivity index (χ4n) is 2.24. The van der Waals surface area contributed by atoms with Gasteiger partial charge in [0.05, 0.1) is 28.4 Å². The van der Waals surface area contributed by atoms with E-state index in [1.807, 2.05) is 13.8 Å². The quantitative estimate of drug-likeness (QED) is 0.859. The first kappa shape index (κ1) is 15.2. The van der Waals surface area contributed by atoms with E-state index in [1.165, 1.54) is 9.25 Å². The van der Waals surface area contributed by atoms with Crippen molar-refractivity contribution in [3.8, 4) is 17.4 Å². The van der Waals surface area contributed by atoms with Gasteiger partial charge in [-0.25, -0.2) is 9.36 Å². The lowest BCUT2D eigenvalue weighted by atomic mass is 10.3. The minimum atomic E-state index is -0.297. The minimum absolute atomic E-state index is 0.0539. The van der Waals surface area contributed by atoms with Crippen LogP contribution >= 0.6 is 23.2 Å². The Balaban J connectivity index is 2.12. The average Bonchev–Trinajstić information content (AvgIpc) is 2.79. The minimum Gasteiger partial charge on any atom is -0.489 e. The highest BCUT2D eigenvalue weighted by atomic mass is 35.5. The third-order valence-corrected chi connectivity index (χ3v) is 3.78. The van der Waals surface area contributed by atoms with E-state index in [1.54, 1.807) is 12.1 Å². The van der Waals surface area contributed by atoms with E-state index in [9.17, 15) is 4.79 Å². The monoisotopic (exact) mass is 343 g/mol. The summed E-state index contributed by atoms with van der Waals surface area (Å²) in [6.07, 6.45) is 0.719. The Morgan fingerprint density at radius 2 is 2.09 bits per heavy atom. The van der Waals surface area contributed by atoms with E-state index in [0.717, 1.165) is 6.42 Å². The zero-order valence-electron chi connectivity index (χ0n) is 12.2. The molecule has 0 unspecified atom stereocenters. The van der Waals surface area contributed by atoms with E-state index in [-0.39, 0.29) is 11.8 Å². The summed E-state index contributed by atoms with van der Waals surface area (Å²) in [5, 5.41) is 4.90. The number of nitrogens with zero attached hydrogens (tertiary/aromatic N) is 3. The molecule has 0 N–H and O–H groups in total. The summed E-state index contributed by atoms with van der Waals surface area (Å²) < 4.78 is 13.7. The molecule has 6 nitrogen and oxygen atoms in total. The second-order valence-electron chi connectivity index (χ2n) is 5.23. The smallest absolute Gasteiger partial charge is 0.353 e. The first-order valence-electron chi connectivity index (χ1n) is 6.96. The number of rotatable bonds is 3. The molecule has 1 aliphatic rings. The molecule has 0 saturated heterocycles. The molecule has 0 saturated carbocycles. The maximum absolute atomic E-state index is 12.4. The van der Waals surface area contributed by atoms with Gasteiger partial charge in [0.2, 0.25) is 0 Å². The van der Waals surface area contributed by atoms with Crippen LogP contribution < -0.4 is 15.2 Å². The van der Waals surface area contributed by atoms with Crippen molar-refractivity contribution in [1.82, 2.24) is 14.3 Å². The second-order valence-corrected chi connectivity index (χ2v) is 6.05. The Kier molecular flexibility index (Phi) is 4.06. The lowest BCUT2D eigenvalue weighted by Crippen LogP contribution is -2.27. The van der Waals surface area contributed by atoms with Crippen LogP contribution in [0, 0.1) is 0 Å². The normalized spacial score (nSPS) is 13.9. The molecule has 22 heavy (non-hydrogen) atoms. The molecule has 3 rings (SSSR count). The van der Waals surface area contributed by atoms with Gasteiger partial charge in [0, 0.05) is 12.6 Å². The van der Waals surface area contributed by atoms with Gasteiger partial charge in [-0.05, 0) is 26.3 Å². The van der Waals surface area contributed by atoms with E-state index >= 15 is 0 Å². The number of hydrogen-bond donors (Lipinski definition) is 0. The van der Waals surface area contributed by atoms with Crippen LogP contribution in [-0.2, 0) is 6.54 Å². The molecule has 0 spiro atoms. The largest absolute Gasteiger partial charge is 0.489 e. The summed E-state index contributed by atoms with van der Waals surface area (Å²) in [7, 11) is 0. The highest BCUT2D eigenvalue weighted by Gasteiger charge is 2.21. The van der Waals surface area contributed by atoms with Crippen molar-refractivity contribution in [2.45, 2.75) is 32.9 Å². The number of hydrogen-bond acceptors (Lipinski definition) is 4. The highest BCUT2D eigenvalue weighted by Crippen LogP contribution is 2.33. The molecule has 0 amide bonds. The molecule has 118 valence electrons. The third kappa shape index (κ3) is 2.68. The molecule has 0 aliphatic carbocycles. The van der Waals surface area contributed by atoms with Gasteiger partial charge in [-0.1, -0.05) is 23.2 Å². The van der Waals surface area contributed by atoms with Crippen molar-refractivity contribution in [3.63, 3.8) is 0 Å². The van der Waals surface area contributed by atoms with Gasteiger partial charge in [-0.2, -0.15) is 4.68 Å². The molecule has 1 aromatic heterocycles. The highest BCUT2D eigenvalue weighted by molar-refractivity contribution is 6.36. The van der Waals surface area contributed by atoms with Crippen LogP contribution in [0.15, 0.2) is 16.9 Å². The van der Waals surface area contributed by atoms with Gasteiger partial charge < -0.3 is 9.47 Å². The summed E-state index contributed by atoms with van der Waals surface area (Å²) >= 11 is 12.3. The van der Waals surface area contributed by atoms with Gasteiger partial charge in [0.25, 0.3) is 0 Å². The Morgan fingerprint density at radius 1 is 1.32 bits per heavy atom. The summed E-state index contributed by atoms with van der Waals surface area (Å²) in [4.78, 5) is 12.4. The Labute approximate surface area is 137 Å². The summed E-state index contributed by atoms with van der Waals surface area (Å²) in [6, 6.07) is 3.46. The standard InChI is InChI=1S/C14H15Cl2N3O3/c1-8(2)22-12-7-11(9(15)6-10(12)16)19-14(20)18-4-3-5-21-13(18)17-19/h6-8H,3-5H2,1-2H3. The van der Waals surface area contributed by atoms with Gasteiger partial charge in [-0.15, -0.1) is 5.10 Å². The van der Waals surface area contributed by atoms with Gasteiger partial charge in [0.15, 0.2) is 0 Å². The van der Waals surface area contributed by atoms with Crippen LogP contribution in [0.4, 0.5) is 0 Å². The predicted octanol–water partition coefficient (Wildman–Crippen LogP) is 2.91. The van der Waals surface area contributed by atoms with Crippen LogP contribution in [0.1, 0.15) is 20.3 Å². The molecular weight excluding hydrogens is 329 g/mol. The molecule has 0 atom stereocenters. The molecule has 0 fully saturated rings. The zero-order chi connectivity index (χ0) is 15.9. The SMILES string of the molecule is CC(C)Oc1cc(-n2nc3n(c2=O)CCCO3)c(Cl)cc1Cl. The van der Waals surface area contributed by atoms with Crippen molar-refractivity contribution < 1.29 is 9.47 Å².